The highest BCUT2D eigenvalue weighted by molar-refractivity contribution is 7.51. The Balaban J connectivity index is 3.51. The summed E-state index contributed by atoms with van der Waals surface area (Å²) >= 11 is 0. The van der Waals surface area contributed by atoms with Gasteiger partial charge in [-0.3, -0.25) is 9.36 Å². The van der Waals surface area contributed by atoms with Gasteiger partial charge < -0.3 is 14.5 Å². The van der Waals surface area contributed by atoms with Gasteiger partial charge in [-0.25, -0.2) is 0 Å². The molecular weight excluding hydrogens is 183 g/mol. The summed E-state index contributed by atoms with van der Waals surface area (Å²) in [6, 6.07) is 0. The van der Waals surface area contributed by atoms with Gasteiger partial charge in [0.05, 0.1) is 19.2 Å². The largest absolute Gasteiger partial charge is 0.466 e. The van der Waals surface area contributed by atoms with Crippen molar-refractivity contribution < 1.29 is 23.9 Å². The summed E-state index contributed by atoms with van der Waals surface area (Å²) in [5.41, 5.74) is 0. The van der Waals surface area contributed by atoms with Crippen molar-refractivity contribution in [2.75, 3.05) is 12.8 Å². The average molecular weight is 196 g/mol. The smallest absolute Gasteiger partial charge is 0.326 e. The molecule has 0 radical (unpaired) electrons. The molecular formula is C6H13O5P. The highest BCUT2D eigenvalue weighted by atomic mass is 31.2. The lowest BCUT2D eigenvalue weighted by Crippen LogP contribution is -2.07. The lowest BCUT2D eigenvalue weighted by molar-refractivity contribution is -0.143. The molecule has 2 N–H and O–H groups in total. The molecule has 0 rings (SSSR count). The first-order chi connectivity index (χ1) is 5.45. The van der Waals surface area contributed by atoms with Crippen LogP contribution in [-0.2, 0) is 14.1 Å². The summed E-state index contributed by atoms with van der Waals surface area (Å²) in [5, 5.41) is 0. The minimum Gasteiger partial charge on any atom is -0.466 e. The van der Waals surface area contributed by atoms with Gasteiger partial charge >= 0.3 is 13.6 Å². The number of esters is 1. The Bertz CT molecular complexity index is 184. The molecule has 0 aromatic heterocycles. The van der Waals surface area contributed by atoms with Gasteiger partial charge in [0.1, 0.15) is 0 Å². The summed E-state index contributed by atoms with van der Waals surface area (Å²) in [6.07, 6.45) is 0.0570. The second-order valence-electron chi connectivity index (χ2n) is 2.36. The SMILES string of the molecule is CCCOC(=O)CCP(=O)(O)O. The van der Waals surface area contributed by atoms with Crippen molar-refractivity contribution in [3.05, 3.63) is 0 Å². The predicted octanol–water partition coefficient (Wildman–Crippen LogP) is 0.507. The van der Waals surface area contributed by atoms with E-state index in [0.29, 0.717) is 13.0 Å². The summed E-state index contributed by atoms with van der Waals surface area (Å²) in [6.45, 7) is 2.15. The van der Waals surface area contributed by atoms with E-state index in [2.05, 4.69) is 4.74 Å². The van der Waals surface area contributed by atoms with Crippen LogP contribution >= 0.6 is 7.60 Å². The van der Waals surface area contributed by atoms with Crippen LogP contribution in [0.1, 0.15) is 19.8 Å². The van der Waals surface area contributed by atoms with Gasteiger partial charge in [-0.2, -0.15) is 0 Å². The van der Waals surface area contributed by atoms with E-state index in [1.165, 1.54) is 0 Å². The number of rotatable bonds is 5. The summed E-state index contributed by atoms with van der Waals surface area (Å²) in [4.78, 5) is 27.5. The Morgan fingerprint density at radius 1 is 1.50 bits per heavy atom. The molecule has 0 aromatic carbocycles. The molecule has 0 unspecified atom stereocenters. The molecule has 5 nitrogen and oxygen atoms in total. The van der Waals surface area contributed by atoms with Crippen molar-refractivity contribution in [1.82, 2.24) is 0 Å². The second kappa shape index (κ2) is 5.30. The third-order valence-electron chi connectivity index (χ3n) is 1.07. The minimum atomic E-state index is -4.05. The van der Waals surface area contributed by atoms with Crippen LogP contribution in [0, 0.1) is 0 Å². The topological polar surface area (TPSA) is 83.8 Å². The van der Waals surface area contributed by atoms with E-state index >= 15 is 0 Å². The van der Waals surface area contributed by atoms with Crippen LogP contribution in [0.25, 0.3) is 0 Å². The zero-order chi connectivity index (χ0) is 9.61. The first kappa shape index (κ1) is 11.6. The lowest BCUT2D eigenvalue weighted by atomic mass is 10.5. The van der Waals surface area contributed by atoms with Gasteiger partial charge in [0, 0.05) is 0 Å². The molecule has 6 heteroatoms. The van der Waals surface area contributed by atoms with E-state index in [4.69, 9.17) is 9.79 Å². The van der Waals surface area contributed by atoms with Crippen molar-refractivity contribution in [3.63, 3.8) is 0 Å². The number of carbonyl (C=O) groups excluding carboxylic acids is 1. The summed E-state index contributed by atoms with van der Waals surface area (Å²) in [5.74, 6) is -0.555. The van der Waals surface area contributed by atoms with Gasteiger partial charge in [-0.15, -0.1) is 0 Å². The van der Waals surface area contributed by atoms with E-state index in [-0.39, 0.29) is 6.42 Å². The van der Waals surface area contributed by atoms with Gasteiger partial charge in [-0.05, 0) is 6.42 Å². The van der Waals surface area contributed by atoms with Crippen molar-refractivity contribution in [3.8, 4) is 0 Å². The molecule has 0 amide bonds. The molecule has 0 saturated heterocycles. The van der Waals surface area contributed by atoms with Crippen LogP contribution in [0.4, 0.5) is 0 Å². The molecule has 0 heterocycles. The summed E-state index contributed by atoms with van der Waals surface area (Å²) in [7, 11) is -4.05. The Labute approximate surface area is 70.9 Å². The molecule has 72 valence electrons. The van der Waals surface area contributed by atoms with E-state index < -0.39 is 19.7 Å². The van der Waals surface area contributed by atoms with Crippen LogP contribution < -0.4 is 0 Å². The van der Waals surface area contributed by atoms with Crippen molar-refractivity contribution in [1.29, 1.82) is 0 Å². The first-order valence-electron chi connectivity index (χ1n) is 3.66. The highest BCUT2D eigenvalue weighted by Crippen LogP contribution is 2.34. The number of hydrogen-bond donors (Lipinski definition) is 2. The third-order valence-corrected chi connectivity index (χ3v) is 1.88. The van der Waals surface area contributed by atoms with Gasteiger partial charge in [0.15, 0.2) is 0 Å². The molecule has 0 saturated carbocycles. The van der Waals surface area contributed by atoms with Crippen molar-refractivity contribution in [2.24, 2.45) is 0 Å². The highest BCUT2D eigenvalue weighted by Gasteiger charge is 2.15. The quantitative estimate of drug-likeness (QED) is 0.494. The third kappa shape index (κ3) is 7.72. The van der Waals surface area contributed by atoms with Crippen molar-refractivity contribution in [2.45, 2.75) is 19.8 Å². The van der Waals surface area contributed by atoms with E-state index in [9.17, 15) is 9.36 Å². The Kier molecular flexibility index (Phi) is 5.13. The normalized spacial score (nSPS) is 11.2. The number of hydrogen-bond acceptors (Lipinski definition) is 3. The van der Waals surface area contributed by atoms with Crippen LogP contribution in [0.2, 0.25) is 0 Å². The number of carbonyl (C=O) groups is 1. The zero-order valence-electron chi connectivity index (χ0n) is 6.89. The fraction of sp³-hybridized carbons (Fsp3) is 0.833. The second-order valence-corrected chi connectivity index (χ2v) is 4.14. The maximum atomic E-state index is 10.7. The average Bonchev–Trinajstić information content (AvgIpc) is 1.95. The van der Waals surface area contributed by atoms with Crippen LogP contribution in [0.3, 0.4) is 0 Å². The minimum absolute atomic E-state index is 0.218. The zero-order valence-corrected chi connectivity index (χ0v) is 7.79. The Morgan fingerprint density at radius 3 is 2.50 bits per heavy atom. The van der Waals surface area contributed by atoms with Crippen LogP contribution in [-0.4, -0.2) is 28.5 Å². The predicted molar refractivity (Wildman–Crippen MR) is 42.8 cm³/mol. The molecule has 0 atom stereocenters. The van der Waals surface area contributed by atoms with E-state index in [0.717, 1.165) is 0 Å². The van der Waals surface area contributed by atoms with Crippen LogP contribution in [0.15, 0.2) is 0 Å². The molecule has 0 aliphatic heterocycles. The van der Waals surface area contributed by atoms with E-state index in [1.807, 2.05) is 6.92 Å². The standard InChI is InChI=1S/C6H13O5P/c1-2-4-11-6(7)3-5-12(8,9)10/h2-5H2,1H3,(H2,8,9,10). The lowest BCUT2D eigenvalue weighted by Gasteiger charge is -2.03. The molecule has 0 aliphatic rings. The van der Waals surface area contributed by atoms with Crippen molar-refractivity contribution >= 4 is 13.6 Å². The monoisotopic (exact) mass is 196 g/mol. The molecule has 0 spiro atoms. The molecule has 0 aliphatic carbocycles. The fourth-order valence-electron chi connectivity index (χ4n) is 0.525. The molecule has 0 fully saturated rings. The first-order valence-corrected chi connectivity index (χ1v) is 5.45. The maximum absolute atomic E-state index is 10.7. The van der Waals surface area contributed by atoms with Gasteiger partial charge in [-0.1, -0.05) is 6.92 Å². The number of ether oxygens (including phenoxy) is 1. The van der Waals surface area contributed by atoms with Gasteiger partial charge in [0.2, 0.25) is 0 Å². The Hall–Kier alpha value is -0.380. The summed E-state index contributed by atoms with van der Waals surface area (Å²) < 4.78 is 14.9. The molecule has 12 heavy (non-hydrogen) atoms. The molecule has 0 bridgehead atoms. The van der Waals surface area contributed by atoms with Gasteiger partial charge in [0.25, 0.3) is 0 Å². The molecule has 0 aromatic rings. The Morgan fingerprint density at radius 2 is 2.08 bits per heavy atom. The maximum Gasteiger partial charge on any atom is 0.326 e. The fourth-order valence-corrected chi connectivity index (χ4v) is 0.999. The van der Waals surface area contributed by atoms with E-state index in [1.54, 1.807) is 0 Å². The van der Waals surface area contributed by atoms with Crippen LogP contribution in [0.5, 0.6) is 0 Å².